The summed E-state index contributed by atoms with van der Waals surface area (Å²) in [7, 11) is 0. The lowest BCUT2D eigenvalue weighted by Crippen LogP contribution is -1.87. The van der Waals surface area contributed by atoms with Gasteiger partial charge < -0.3 is 17.7 Å². The number of pyridine rings is 4. The maximum Gasteiger partial charge on any atom is 0.266 e. The van der Waals surface area contributed by atoms with Gasteiger partial charge in [-0.05, 0) is 129 Å². The van der Waals surface area contributed by atoms with E-state index in [9.17, 15) is 0 Å². The lowest BCUT2D eigenvalue weighted by Gasteiger charge is -2.08. The molecule has 0 N–H and O–H groups in total. The molecule has 18 aromatic rings. The number of hydrogen-bond donors (Lipinski definition) is 0. The average Bonchev–Trinajstić information content (AvgIpc) is 1.58. The molecule has 0 atom stereocenters. The van der Waals surface area contributed by atoms with E-state index in [2.05, 4.69) is 124 Å². The van der Waals surface area contributed by atoms with Gasteiger partial charge in [0.1, 0.15) is 11.4 Å². The molecule has 0 aliphatic heterocycles. The van der Waals surface area contributed by atoms with Crippen LogP contribution in [0.5, 0.6) is 0 Å². The summed E-state index contributed by atoms with van der Waals surface area (Å²) in [5.74, 6) is 2.84. The van der Waals surface area contributed by atoms with Crippen LogP contribution in [-0.4, -0.2) is 60.7 Å². The van der Waals surface area contributed by atoms with Crippen molar-refractivity contribution in [2.45, 2.75) is 0 Å². The highest BCUT2D eigenvalue weighted by Crippen LogP contribution is 2.38. The lowest BCUT2D eigenvalue weighted by atomic mass is 9.97. The van der Waals surface area contributed by atoms with Gasteiger partial charge in [-0.15, -0.1) is 40.8 Å². The van der Waals surface area contributed by atoms with Crippen LogP contribution in [0.3, 0.4) is 0 Å². The molecule has 8 aromatic heterocycles. The number of nitrogens with zero attached hydrogens (tertiary/aromatic N) is 12. The molecule has 96 heavy (non-hydrogen) atoms. The second kappa shape index (κ2) is 24.6. The van der Waals surface area contributed by atoms with Crippen LogP contribution in [0.15, 0.2) is 309 Å². The smallest absolute Gasteiger partial charge is 0.266 e. The molecule has 0 unspecified atom stereocenters. The normalized spacial score (nSPS) is 11.3. The van der Waals surface area contributed by atoms with Crippen molar-refractivity contribution in [1.29, 1.82) is 0 Å². The Morgan fingerprint density at radius 3 is 0.823 bits per heavy atom. The second-order valence-electron chi connectivity index (χ2n) is 22.7. The summed E-state index contributed by atoms with van der Waals surface area (Å²) < 4.78 is 24.9. The number of hydrogen-bond acceptors (Lipinski definition) is 16. The zero-order valence-electron chi connectivity index (χ0n) is 50.7. The van der Waals surface area contributed by atoms with Crippen molar-refractivity contribution < 1.29 is 17.7 Å². The first-order valence-corrected chi connectivity index (χ1v) is 30.9. The fraction of sp³-hybridized carbons (Fsp3) is 0. The minimum atomic E-state index is 0.331. The summed E-state index contributed by atoms with van der Waals surface area (Å²) in [6.07, 6.45) is 3.49. The fourth-order valence-corrected chi connectivity index (χ4v) is 11.6. The van der Waals surface area contributed by atoms with E-state index >= 15 is 0 Å². The lowest BCUT2D eigenvalue weighted by molar-refractivity contribution is 0.580. The Balaban J connectivity index is 0.000000145. The summed E-state index contributed by atoms with van der Waals surface area (Å²) in [6.45, 7) is 0. The molecule has 0 radical (unpaired) electrons. The van der Waals surface area contributed by atoms with Crippen LogP contribution in [-0.2, 0) is 0 Å². The van der Waals surface area contributed by atoms with Crippen molar-refractivity contribution >= 4 is 43.6 Å². The van der Waals surface area contributed by atoms with Gasteiger partial charge in [0.2, 0.25) is 35.3 Å². The van der Waals surface area contributed by atoms with Crippen molar-refractivity contribution in [1.82, 2.24) is 60.7 Å². The Morgan fingerprint density at radius 2 is 0.448 bits per heavy atom. The third-order valence-corrected chi connectivity index (χ3v) is 16.5. The largest absolute Gasteiger partial charge is 0.416 e. The van der Waals surface area contributed by atoms with Crippen molar-refractivity contribution in [3.63, 3.8) is 0 Å². The number of benzene rings is 10. The Labute approximate surface area is 547 Å². The van der Waals surface area contributed by atoms with Gasteiger partial charge in [-0.3, -0.25) is 9.97 Å². The van der Waals surface area contributed by atoms with Gasteiger partial charge in [0.25, 0.3) is 11.8 Å². The maximum absolute atomic E-state index is 6.24. The minimum Gasteiger partial charge on any atom is -0.416 e. The third kappa shape index (κ3) is 11.5. The molecule has 0 aliphatic rings. The Hall–Kier alpha value is -13.6. The van der Waals surface area contributed by atoms with Crippen LogP contribution in [0, 0.1) is 0 Å². The molecular formula is C80H48N12O4. The first-order chi connectivity index (χ1) is 47.5. The molecule has 0 spiro atoms. The van der Waals surface area contributed by atoms with Gasteiger partial charge in [0.05, 0.1) is 33.2 Å². The summed E-state index contributed by atoms with van der Waals surface area (Å²) in [6, 6.07) is 92.8. The van der Waals surface area contributed by atoms with E-state index < -0.39 is 0 Å². The van der Waals surface area contributed by atoms with Crippen LogP contribution in [0.2, 0.25) is 0 Å². The zero-order valence-corrected chi connectivity index (χ0v) is 50.7. The molecule has 8 heterocycles. The highest BCUT2D eigenvalue weighted by atomic mass is 16.4. The van der Waals surface area contributed by atoms with E-state index in [1.54, 1.807) is 12.4 Å². The SMILES string of the molecule is c1ccc(-c2ccc(-c3cc(-c4nnc(-c5ccc6ccccc6n5)o4)cc(-c4nnc(-c5ccc6ccccc6n5)o4)c3)cc2)cc1.c1ccc(-c2ccc(-c3cc(-c4nnc(-c5cnc6ccccc6c5)o4)cc(-c4nnc(-c5cnc6ccccc6c5)o4)c3)cc2)cc1. The zero-order chi connectivity index (χ0) is 63.7. The predicted octanol–water partition coefficient (Wildman–Crippen LogP) is 19.1. The van der Waals surface area contributed by atoms with Crippen molar-refractivity contribution in [3.8, 4) is 136 Å². The molecule has 16 nitrogen and oxygen atoms in total. The van der Waals surface area contributed by atoms with E-state index in [4.69, 9.17) is 27.6 Å². The number of aromatic nitrogens is 12. The van der Waals surface area contributed by atoms with E-state index in [1.807, 2.05) is 206 Å². The van der Waals surface area contributed by atoms with Crippen LogP contribution in [0.25, 0.3) is 180 Å². The number of fused-ring (bicyclic) bond motifs is 4. The predicted molar refractivity (Wildman–Crippen MR) is 371 cm³/mol. The highest BCUT2D eigenvalue weighted by Gasteiger charge is 2.21. The monoisotopic (exact) mass is 1240 g/mol. The van der Waals surface area contributed by atoms with E-state index in [-0.39, 0.29) is 0 Å². The molecule has 0 saturated heterocycles. The molecule has 18 rings (SSSR count). The van der Waals surface area contributed by atoms with Crippen LogP contribution >= 0.6 is 0 Å². The van der Waals surface area contributed by atoms with Crippen LogP contribution in [0.4, 0.5) is 0 Å². The summed E-state index contributed by atoms with van der Waals surface area (Å²) in [5.41, 5.74) is 17.5. The molecular weight excluding hydrogens is 1190 g/mol. The maximum atomic E-state index is 6.24. The molecule has 452 valence electrons. The van der Waals surface area contributed by atoms with E-state index in [1.165, 1.54) is 0 Å². The summed E-state index contributed by atoms with van der Waals surface area (Å²) in [4.78, 5) is 18.6. The van der Waals surface area contributed by atoms with Gasteiger partial charge in [-0.25, -0.2) is 9.97 Å². The first-order valence-electron chi connectivity index (χ1n) is 30.9. The molecule has 0 aliphatic carbocycles. The Kier molecular flexibility index (Phi) is 14.4. The first kappa shape index (κ1) is 56.4. The van der Waals surface area contributed by atoms with E-state index in [0.29, 0.717) is 80.8 Å². The summed E-state index contributed by atoms with van der Waals surface area (Å²) in [5, 5.41) is 39.2. The van der Waals surface area contributed by atoms with E-state index in [0.717, 1.165) is 99.2 Å². The Morgan fingerprint density at radius 1 is 0.177 bits per heavy atom. The molecule has 0 amide bonds. The van der Waals surface area contributed by atoms with Gasteiger partial charge in [-0.2, -0.15) is 0 Å². The van der Waals surface area contributed by atoms with Gasteiger partial charge in [0, 0.05) is 56.2 Å². The quantitative estimate of drug-likeness (QED) is 0.111. The standard InChI is InChI=1S/2C40H24N6O2/c1-2-8-25(9-3-1)26-14-16-27(17-15-26)30-20-31(37-43-45-39(47-37)33-18-28-10-4-6-12-35(28)41-23-33)22-32(21-30)38-44-46-40(48-38)34-19-29-11-5-7-13-36(29)42-24-34;1-2-8-25(9-3-1)26-14-16-27(17-15-26)30-22-31(37-43-45-39(47-37)35-20-18-28-10-4-6-12-33(28)41-35)24-32(23-30)38-44-46-40(48-38)36-21-19-29-11-5-7-13-34(29)42-36/h2*1-24H. The topological polar surface area (TPSA) is 207 Å². The fourth-order valence-electron chi connectivity index (χ4n) is 11.6. The second-order valence-corrected chi connectivity index (χ2v) is 22.7. The van der Waals surface area contributed by atoms with Crippen molar-refractivity contribution in [2.24, 2.45) is 0 Å². The highest BCUT2D eigenvalue weighted by molar-refractivity contribution is 5.86. The Bertz CT molecular complexity index is 5240. The summed E-state index contributed by atoms with van der Waals surface area (Å²) >= 11 is 0. The van der Waals surface area contributed by atoms with Crippen molar-refractivity contribution in [3.05, 3.63) is 291 Å². The molecule has 10 aromatic carbocycles. The van der Waals surface area contributed by atoms with Gasteiger partial charge >= 0.3 is 0 Å². The molecule has 0 saturated carbocycles. The average molecular weight is 1240 g/mol. The van der Waals surface area contributed by atoms with Gasteiger partial charge in [-0.1, -0.05) is 194 Å². The minimum absolute atomic E-state index is 0.331. The number of para-hydroxylation sites is 4. The molecule has 0 fully saturated rings. The van der Waals surface area contributed by atoms with Crippen LogP contribution in [0.1, 0.15) is 0 Å². The molecule has 0 bridgehead atoms. The third-order valence-electron chi connectivity index (χ3n) is 16.5. The molecule has 16 heteroatoms. The van der Waals surface area contributed by atoms with Crippen molar-refractivity contribution in [2.75, 3.05) is 0 Å². The number of rotatable bonds is 12. The van der Waals surface area contributed by atoms with Crippen LogP contribution < -0.4 is 0 Å². The van der Waals surface area contributed by atoms with Gasteiger partial charge in [0.15, 0.2) is 0 Å².